The number of rotatable bonds is 3. The molecule has 0 aromatic carbocycles. The standard InChI is InChI=1S/C13H21N5O2/c1-10(19)18-4-3-17(8-12-5-15-9-16-12)6-11(7-18)13(20)14-2/h5,9,11H,3-4,6-8H2,1-2H3,(H,14,20)(H,15,16)/t11-/m1/s1. The summed E-state index contributed by atoms with van der Waals surface area (Å²) in [5, 5.41) is 2.68. The average Bonchev–Trinajstić information content (AvgIpc) is 2.83. The van der Waals surface area contributed by atoms with Gasteiger partial charge in [0.25, 0.3) is 0 Å². The summed E-state index contributed by atoms with van der Waals surface area (Å²) in [6.07, 6.45) is 3.42. The predicted molar refractivity (Wildman–Crippen MR) is 73.7 cm³/mol. The number of carbonyl (C=O) groups is 2. The number of aromatic nitrogens is 2. The van der Waals surface area contributed by atoms with Crippen molar-refractivity contribution in [3.05, 3.63) is 18.2 Å². The van der Waals surface area contributed by atoms with Crippen molar-refractivity contribution in [3.63, 3.8) is 0 Å². The molecule has 2 heterocycles. The minimum absolute atomic E-state index is 0.0160. The van der Waals surface area contributed by atoms with E-state index in [1.807, 2.05) is 0 Å². The number of aromatic amines is 1. The molecule has 0 radical (unpaired) electrons. The summed E-state index contributed by atoms with van der Waals surface area (Å²) >= 11 is 0. The lowest BCUT2D eigenvalue weighted by Gasteiger charge is -2.22. The first-order valence-corrected chi connectivity index (χ1v) is 6.77. The average molecular weight is 279 g/mol. The summed E-state index contributed by atoms with van der Waals surface area (Å²) in [6, 6.07) is 0. The Morgan fingerprint density at radius 1 is 1.45 bits per heavy atom. The summed E-state index contributed by atoms with van der Waals surface area (Å²) < 4.78 is 0. The van der Waals surface area contributed by atoms with Gasteiger partial charge in [-0.05, 0) is 0 Å². The van der Waals surface area contributed by atoms with E-state index in [1.54, 1.807) is 31.4 Å². The molecule has 0 aliphatic carbocycles. The SMILES string of the molecule is CNC(=O)[C@@H]1CN(Cc2cnc[nH]2)CCN(C(C)=O)C1. The summed E-state index contributed by atoms with van der Waals surface area (Å²) in [5.74, 6) is -0.204. The number of amides is 2. The van der Waals surface area contributed by atoms with Crippen molar-refractivity contribution in [3.8, 4) is 0 Å². The highest BCUT2D eigenvalue weighted by molar-refractivity contribution is 5.80. The van der Waals surface area contributed by atoms with Crippen LogP contribution in [0.5, 0.6) is 0 Å². The van der Waals surface area contributed by atoms with E-state index in [1.165, 1.54) is 0 Å². The maximum absolute atomic E-state index is 11.9. The van der Waals surface area contributed by atoms with Gasteiger partial charge in [0, 0.05) is 58.6 Å². The zero-order valence-corrected chi connectivity index (χ0v) is 11.9. The first-order chi connectivity index (χ1) is 9.60. The summed E-state index contributed by atoms with van der Waals surface area (Å²) in [5.41, 5.74) is 1.01. The molecule has 2 rings (SSSR count). The molecular formula is C13H21N5O2. The van der Waals surface area contributed by atoms with Crippen LogP contribution in [0.25, 0.3) is 0 Å². The van der Waals surface area contributed by atoms with Crippen LogP contribution < -0.4 is 5.32 Å². The molecular weight excluding hydrogens is 258 g/mol. The molecule has 7 heteroatoms. The molecule has 1 atom stereocenters. The van der Waals surface area contributed by atoms with E-state index < -0.39 is 0 Å². The van der Waals surface area contributed by atoms with Crippen LogP contribution in [0.4, 0.5) is 0 Å². The Labute approximate surface area is 118 Å². The molecule has 0 unspecified atom stereocenters. The molecule has 0 spiro atoms. The van der Waals surface area contributed by atoms with Crippen LogP contribution in [0.2, 0.25) is 0 Å². The van der Waals surface area contributed by atoms with Crippen LogP contribution in [-0.4, -0.2) is 64.8 Å². The molecule has 1 aliphatic heterocycles. The van der Waals surface area contributed by atoms with Gasteiger partial charge in [-0.2, -0.15) is 0 Å². The minimum Gasteiger partial charge on any atom is -0.359 e. The Balaban J connectivity index is 2.07. The monoisotopic (exact) mass is 279 g/mol. The molecule has 2 amide bonds. The summed E-state index contributed by atoms with van der Waals surface area (Å²) in [4.78, 5) is 34.5. The van der Waals surface area contributed by atoms with E-state index in [4.69, 9.17) is 0 Å². The fourth-order valence-corrected chi connectivity index (χ4v) is 2.49. The summed E-state index contributed by atoms with van der Waals surface area (Å²) in [7, 11) is 1.63. The van der Waals surface area contributed by atoms with Crippen LogP contribution in [0.3, 0.4) is 0 Å². The quantitative estimate of drug-likeness (QED) is 0.777. The van der Waals surface area contributed by atoms with Crippen LogP contribution >= 0.6 is 0 Å². The van der Waals surface area contributed by atoms with E-state index in [-0.39, 0.29) is 17.7 Å². The molecule has 20 heavy (non-hydrogen) atoms. The van der Waals surface area contributed by atoms with Gasteiger partial charge in [0.15, 0.2) is 0 Å². The number of hydrogen-bond acceptors (Lipinski definition) is 4. The molecule has 1 fully saturated rings. The van der Waals surface area contributed by atoms with Gasteiger partial charge in [-0.3, -0.25) is 14.5 Å². The van der Waals surface area contributed by atoms with Crippen molar-refractivity contribution in [2.45, 2.75) is 13.5 Å². The molecule has 0 saturated carbocycles. The fourth-order valence-electron chi connectivity index (χ4n) is 2.49. The van der Waals surface area contributed by atoms with E-state index in [9.17, 15) is 9.59 Å². The second-order valence-electron chi connectivity index (χ2n) is 5.09. The van der Waals surface area contributed by atoms with Crippen molar-refractivity contribution in [1.82, 2.24) is 25.1 Å². The lowest BCUT2D eigenvalue weighted by atomic mass is 10.1. The number of nitrogens with one attached hydrogen (secondary N) is 2. The molecule has 1 aromatic rings. The molecule has 1 saturated heterocycles. The molecule has 1 aromatic heterocycles. The van der Waals surface area contributed by atoms with Crippen molar-refractivity contribution in [2.75, 3.05) is 33.2 Å². The number of H-pyrrole nitrogens is 1. The van der Waals surface area contributed by atoms with Crippen molar-refractivity contribution < 1.29 is 9.59 Å². The van der Waals surface area contributed by atoms with Gasteiger partial charge in [0.05, 0.1) is 12.2 Å². The number of nitrogens with zero attached hydrogens (tertiary/aromatic N) is 3. The minimum atomic E-state index is -0.200. The fraction of sp³-hybridized carbons (Fsp3) is 0.615. The maximum atomic E-state index is 11.9. The van der Waals surface area contributed by atoms with Crippen LogP contribution in [0.1, 0.15) is 12.6 Å². The van der Waals surface area contributed by atoms with Gasteiger partial charge in [-0.25, -0.2) is 4.98 Å². The Bertz CT molecular complexity index is 459. The van der Waals surface area contributed by atoms with Gasteiger partial charge in [0.2, 0.25) is 11.8 Å². The second-order valence-corrected chi connectivity index (χ2v) is 5.09. The van der Waals surface area contributed by atoms with Gasteiger partial charge in [0.1, 0.15) is 0 Å². The van der Waals surface area contributed by atoms with Crippen molar-refractivity contribution >= 4 is 11.8 Å². The Morgan fingerprint density at radius 3 is 2.85 bits per heavy atom. The van der Waals surface area contributed by atoms with Gasteiger partial charge in [-0.1, -0.05) is 0 Å². The van der Waals surface area contributed by atoms with Crippen LogP contribution in [0, 0.1) is 5.92 Å². The van der Waals surface area contributed by atoms with Crippen molar-refractivity contribution in [1.29, 1.82) is 0 Å². The van der Waals surface area contributed by atoms with Gasteiger partial charge in [-0.15, -0.1) is 0 Å². The second kappa shape index (κ2) is 6.51. The highest BCUT2D eigenvalue weighted by Crippen LogP contribution is 2.12. The van der Waals surface area contributed by atoms with Gasteiger partial charge < -0.3 is 15.2 Å². The largest absolute Gasteiger partial charge is 0.359 e. The van der Waals surface area contributed by atoms with E-state index >= 15 is 0 Å². The third kappa shape index (κ3) is 3.57. The molecule has 110 valence electrons. The Hall–Kier alpha value is -1.89. The number of hydrogen-bond donors (Lipinski definition) is 2. The third-order valence-electron chi connectivity index (χ3n) is 3.62. The third-order valence-corrected chi connectivity index (χ3v) is 3.62. The van der Waals surface area contributed by atoms with E-state index in [0.29, 0.717) is 26.2 Å². The Kier molecular flexibility index (Phi) is 4.73. The zero-order chi connectivity index (χ0) is 14.5. The van der Waals surface area contributed by atoms with E-state index in [2.05, 4.69) is 20.2 Å². The summed E-state index contributed by atoms with van der Waals surface area (Å²) in [6.45, 7) is 4.78. The number of carbonyl (C=O) groups excluding carboxylic acids is 2. The zero-order valence-electron chi connectivity index (χ0n) is 11.9. The van der Waals surface area contributed by atoms with Crippen molar-refractivity contribution in [2.24, 2.45) is 5.92 Å². The first-order valence-electron chi connectivity index (χ1n) is 6.77. The lowest BCUT2D eigenvalue weighted by Crippen LogP contribution is -2.40. The van der Waals surface area contributed by atoms with Crippen LogP contribution in [0.15, 0.2) is 12.5 Å². The van der Waals surface area contributed by atoms with Crippen LogP contribution in [-0.2, 0) is 16.1 Å². The molecule has 0 bridgehead atoms. The smallest absolute Gasteiger partial charge is 0.225 e. The topological polar surface area (TPSA) is 81.3 Å². The normalized spacial score (nSPS) is 20.5. The first kappa shape index (κ1) is 14.5. The van der Waals surface area contributed by atoms with Gasteiger partial charge >= 0.3 is 0 Å². The highest BCUT2D eigenvalue weighted by Gasteiger charge is 2.28. The molecule has 2 N–H and O–H groups in total. The predicted octanol–water partition coefficient (Wildman–Crippen LogP) is -0.564. The van der Waals surface area contributed by atoms with E-state index in [0.717, 1.165) is 12.2 Å². The Morgan fingerprint density at radius 2 is 2.25 bits per heavy atom. The highest BCUT2D eigenvalue weighted by atomic mass is 16.2. The number of imidazole rings is 1. The maximum Gasteiger partial charge on any atom is 0.225 e. The lowest BCUT2D eigenvalue weighted by molar-refractivity contribution is -0.130. The molecule has 7 nitrogen and oxygen atoms in total. The molecule has 1 aliphatic rings.